The number of ketones is 2. The predicted octanol–water partition coefficient (Wildman–Crippen LogP) is 5.34. The smallest absolute Gasteiger partial charge is 0.165 e. The Morgan fingerprint density at radius 3 is 1.30 bits per heavy atom. The van der Waals surface area contributed by atoms with Crippen molar-refractivity contribution in [1.82, 2.24) is 0 Å². The molecular weight excluding hydrogens is 580 g/mol. The molecule has 3 N–H and O–H groups in total. The topological polar surface area (TPSA) is 120 Å². The van der Waals surface area contributed by atoms with Crippen molar-refractivity contribution in [2.45, 2.75) is 127 Å². The predicted molar refractivity (Wildman–Crippen MR) is 172 cm³/mol. The Bertz CT molecular complexity index is 1260. The van der Waals surface area contributed by atoms with Gasteiger partial charge in [0.25, 0.3) is 0 Å². The first kappa shape index (κ1) is 31.9. The van der Waals surface area contributed by atoms with Gasteiger partial charge in [-0.2, -0.15) is 0 Å². The van der Waals surface area contributed by atoms with E-state index in [2.05, 4.69) is 27.0 Å². The molecule has 2 heterocycles. The zero-order chi connectivity index (χ0) is 32.7. The Hall–Kier alpha value is -1.38. The minimum absolute atomic E-state index is 0.121. The van der Waals surface area contributed by atoms with Gasteiger partial charge < -0.3 is 24.8 Å². The number of ether oxygens (including phenoxy) is 2. The van der Waals surface area contributed by atoms with Crippen molar-refractivity contribution in [3.05, 3.63) is 24.3 Å². The first-order valence-electron chi connectivity index (χ1n) is 18.4. The van der Waals surface area contributed by atoms with Crippen molar-refractivity contribution in [2.24, 2.45) is 57.2 Å². The molecule has 10 aliphatic rings. The van der Waals surface area contributed by atoms with Crippen LogP contribution in [0.1, 0.15) is 104 Å². The number of Topliss-reactive ketones (excluding diaryl/α,β-unsaturated/α-hetero) is 2. The number of aliphatic hydroxyl groups is 3. The highest BCUT2D eigenvalue weighted by molar-refractivity contribution is 6.03. The van der Waals surface area contributed by atoms with Crippen molar-refractivity contribution in [1.29, 1.82) is 0 Å². The van der Waals surface area contributed by atoms with Gasteiger partial charge in [-0.25, -0.2) is 0 Å². The zero-order valence-electron chi connectivity index (χ0n) is 28.3. The number of aliphatic hydroxyl groups excluding tert-OH is 3. The van der Waals surface area contributed by atoms with Crippen LogP contribution in [0.3, 0.4) is 0 Å². The second-order valence-electron chi connectivity index (χ2n) is 17.9. The van der Waals surface area contributed by atoms with Gasteiger partial charge in [-0.15, -0.1) is 0 Å². The van der Waals surface area contributed by atoms with Gasteiger partial charge in [-0.3, -0.25) is 9.59 Å². The normalized spacial score (nSPS) is 56.9. The Morgan fingerprint density at radius 1 is 0.587 bits per heavy atom. The molecule has 254 valence electrons. The lowest BCUT2D eigenvalue weighted by molar-refractivity contribution is -0.167. The fourth-order valence-electron chi connectivity index (χ4n) is 14.5. The summed E-state index contributed by atoms with van der Waals surface area (Å²) in [5, 5.41) is 27.9. The third kappa shape index (κ3) is 3.73. The van der Waals surface area contributed by atoms with Gasteiger partial charge in [0.2, 0.25) is 0 Å². The van der Waals surface area contributed by atoms with Crippen LogP contribution < -0.4 is 0 Å². The lowest BCUT2D eigenvalue weighted by Gasteiger charge is -2.61. The third-order valence-corrected chi connectivity index (χ3v) is 16.8. The van der Waals surface area contributed by atoms with Crippen molar-refractivity contribution in [2.75, 3.05) is 20.3 Å². The first-order chi connectivity index (χ1) is 21.9. The van der Waals surface area contributed by atoms with Crippen LogP contribution in [0, 0.1) is 57.2 Å². The summed E-state index contributed by atoms with van der Waals surface area (Å²) in [7, 11) is 1.00. The van der Waals surface area contributed by atoms with Gasteiger partial charge in [0, 0.05) is 17.9 Å². The van der Waals surface area contributed by atoms with Gasteiger partial charge in [0.15, 0.2) is 11.6 Å². The molecule has 8 saturated carbocycles. The zero-order valence-corrected chi connectivity index (χ0v) is 28.3. The summed E-state index contributed by atoms with van der Waals surface area (Å²) in [6.07, 6.45) is 13.9. The molecule has 4 spiro atoms. The summed E-state index contributed by atoms with van der Waals surface area (Å²) in [6.45, 7) is 14.5. The summed E-state index contributed by atoms with van der Waals surface area (Å²) in [4.78, 5) is 26.0. The van der Waals surface area contributed by atoms with Crippen LogP contribution in [0.2, 0.25) is 0 Å². The molecule has 0 aromatic heterocycles. The number of epoxide rings is 2. The maximum absolute atomic E-state index is 13.0. The molecule has 8 aliphatic carbocycles. The van der Waals surface area contributed by atoms with E-state index in [1.54, 1.807) is 0 Å². The van der Waals surface area contributed by atoms with Crippen LogP contribution in [-0.2, 0) is 19.1 Å². The van der Waals surface area contributed by atoms with Gasteiger partial charge >= 0.3 is 0 Å². The fourth-order valence-corrected chi connectivity index (χ4v) is 14.5. The second kappa shape index (κ2) is 10.1. The van der Waals surface area contributed by atoms with E-state index in [1.807, 2.05) is 0 Å². The number of hydrogen-bond acceptors (Lipinski definition) is 7. The van der Waals surface area contributed by atoms with Crippen molar-refractivity contribution >= 4 is 11.6 Å². The lowest BCUT2D eigenvalue weighted by atomic mass is 9.43. The number of allylic oxidation sites excluding steroid dienone is 2. The third-order valence-electron chi connectivity index (χ3n) is 16.8. The number of fused-ring (bicyclic) bond motifs is 8. The molecule has 7 nitrogen and oxygen atoms in total. The van der Waals surface area contributed by atoms with Gasteiger partial charge in [-0.1, -0.05) is 27.0 Å². The van der Waals surface area contributed by atoms with E-state index in [0.29, 0.717) is 47.1 Å². The number of rotatable bonds is 0. The maximum Gasteiger partial charge on any atom is 0.165 e. The van der Waals surface area contributed by atoms with Gasteiger partial charge in [-0.05, 0) is 147 Å². The highest BCUT2D eigenvalue weighted by Crippen LogP contribution is 2.73. The van der Waals surface area contributed by atoms with Crippen molar-refractivity contribution in [3.63, 3.8) is 0 Å². The lowest BCUT2D eigenvalue weighted by Crippen LogP contribution is -2.61. The molecule has 2 aliphatic heterocycles. The number of carbonyl (C=O) groups excluding carboxylic acids is 2. The Labute approximate surface area is 274 Å². The molecule has 14 atom stereocenters. The van der Waals surface area contributed by atoms with Crippen molar-refractivity contribution in [3.8, 4) is 0 Å². The van der Waals surface area contributed by atoms with E-state index < -0.39 is 0 Å². The quantitative estimate of drug-likeness (QED) is 0.242. The Balaban J connectivity index is 0.000000129. The van der Waals surface area contributed by atoms with Crippen LogP contribution in [0.4, 0.5) is 0 Å². The summed E-state index contributed by atoms with van der Waals surface area (Å²) in [5.41, 5.74) is 1.34. The summed E-state index contributed by atoms with van der Waals surface area (Å²) >= 11 is 0. The number of carbonyl (C=O) groups is 2. The molecule has 0 aromatic carbocycles. The highest BCUT2D eigenvalue weighted by Gasteiger charge is 2.74. The van der Waals surface area contributed by atoms with Gasteiger partial charge in [0.05, 0.1) is 25.4 Å². The van der Waals surface area contributed by atoms with E-state index >= 15 is 0 Å². The minimum atomic E-state index is -0.301. The summed E-state index contributed by atoms with van der Waals surface area (Å²) in [5.74, 6) is 3.46. The SMILES string of the molecule is C=C1C(=O)[C@@]23CC[C@H]4[C@@](C)(CC[C@@H](O)[C@@]45CO5)[C@@H]2CC[C@@H]1C3.C=C1C(=O)[C@@]23CC[C@H]4[C@@](C)(CC[C@@H](O)[C@@]45CO5)[C@@H]2CC[C@@H]1C3.CO. The Kier molecular flexibility index (Phi) is 6.99. The van der Waals surface area contributed by atoms with E-state index in [9.17, 15) is 19.8 Å². The van der Waals surface area contributed by atoms with E-state index in [-0.39, 0.29) is 45.1 Å². The van der Waals surface area contributed by atoms with Crippen LogP contribution in [0.5, 0.6) is 0 Å². The van der Waals surface area contributed by atoms with Crippen LogP contribution >= 0.6 is 0 Å². The molecule has 10 rings (SSSR count). The average Bonchev–Trinajstić information content (AvgIpc) is 4.00. The molecule has 0 radical (unpaired) electrons. The van der Waals surface area contributed by atoms with Crippen LogP contribution in [0.25, 0.3) is 0 Å². The molecule has 10 fully saturated rings. The molecule has 0 amide bonds. The average molecular weight is 637 g/mol. The number of hydrogen-bond donors (Lipinski definition) is 3. The molecule has 2 saturated heterocycles. The fraction of sp³-hybridized carbons (Fsp3) is 0.846. The van der Waals surface area contributed by atoms with Gasteiger partial charge in [0.1, 0.15) is 11.2 Å². The van der Waals surface area contributed by atoms with Crippen molar-refractivity contribution < 1.29 is 34.4 Å². The van der Waals surface area contributed by atoms with Crippen LogP contribution in [0.15, 0.2) is 24.3 Å². The Morgan fingerprint density at radius 2 is 0.957 bits per heavy atom. The molecule has 0 aromatic rings. The summed E-state index contributed by atoms with van der Waals surface area (Å²) in [6, 6.07) is 0. The maximum atomic E-state index is 13.0. The highest BCUT2D eigenvalue weighted by atomic mass is 16.6. The van der Waals surface area contributed by atoms with E-state index in [1.165, 1.54) is 0 Å². The van der Waals surface area contributed by atoms with Crippen LogP contribution in [-0.4, -0.2) is 70.6 Å². The molecule has 0 unspecified atom stereocenters. The second-order valence-corrected chi connectivity index (χ2v) is 17.9. The molecule has 46 heavy (non-hydrogen) atoms. The molecule has 7 heteroatoms. The standard InChI is InChI=1S/2C19H26O3.CH4O/c2*1-11-12-3-4-13-17(2)7-6-15(20)19(10-22-19)14(17)5-8-18(13,9-12)16(11)21;1-2/h2*12-15,20H,1,3-10H2,2H3;2H,1H3/t2*12-,13+,14+,15-,17+,18-,19-;/m11./s1. The van der Waals surface area contributed by atoms with E-state index in [0.717, 1.165) is 121 Å². The largest absolute Gasteiger partial charge is 0.400 e. The summed E-state index contributed by atoms with van der Waals surface area (Å²) < 4.78 is 11.7. The molecular formula is C39H56O7. The van der Waals surface area contributed by atoms with E-state index in [4.69, 9.17) is 14.6 Å². The molecule has 4 bridgehead atoms. The first-order valence-corrected chi connectivity index (χ1v) is 18.4. The minimum Gasteiger partial charge on any atom is -0.400 e. The monoisotopic (exact) mass is 636 g/mol.